The second-order valence-electron chi connectivity index (χ2n) is 5.37. The van der Waals surface area contributed by atoms with Crippen LogP contribution in [-0.2, 0) is 14.1 Å². The smallest absolute Gasteiger partial charge is 0.302 e. The van der Waals surface area contributed by atoms with Crippen molar-refractivity contribution in [2.24, 2.45) is 14.1 Å². The molecule has 11 heteroatoms. The molecule has 0 fully saturated rings. The second kappa shape index (κ2) is 6.43. The van der Waals surface area contributed by atoms with Crippen LogP contribution in [0.4, 0.5) is 0 Å². The summed E-state index contributed by atoms with van der Waals surface area (Å²) in [5, 5.41) is 6.77. The minimum atomic E-state index is -0.921. The molecule has 1 aromatic carbocycles. The van der Waals surface area contributed by atoms with Gasteiger partial charge in [0.15, 0.2) is 5.69 Å². The normalized spacial score (nSPS) is 10.9. The maximum absolute atomic E-state index is 12.8. The van der Waals surface area contributed by atoms with Crippen molar-refractivity contribution < 1.29 is 0 Å². The van der Waals surface area contributed by atoms with Crippen LogP contribution in [0.2, 0.25) is 10.0 Å². The Morgan fingerprint density at radius 3 is 2.35 bits per heavy atom. The monoisotopic (exact) mass is 395 g/mol. The van der Waals surface area contributed by atoms with Crippen molar-refractivity contribution in [1.82, 2.24) is 24.1 Å². The minimum absolute atomic E-state index is 0.142. The number of rotatable bonds is 2. The standard InChI is InChI=1S/C15H11Cl2N5O4/c1-20-14(25)12(23)8(6-18-20)11-13(24)22(15(26)21(2)19-11)7-3-4-9(16)10(17)5-7/h3-6,18H,1-2H3. The van der Waals surface area contributed by atoms with Crippen molar-refractivity contribution in [2.45, 2.75) is 0 Å². The van der Waals surface area contributed by atoms with Crippen molar-refractivity contribution in [3.05, 3.63) is 75.9 Å². The third-order valence-electron chi connectivity index (χ3n) is 3.69. The van der Waals surface area contributed by atoms with Crippen LogP contribution in [0, 0.1) is 0 Å². The predicted molar refractivity (Wildman–Crippen MR) is 96.4 cm³/mol. The van der Waals surface area contributed by atoms with E-state index in [2.05, 4.69) is 10.2 Å². The Hall–Kier alpha value is -2.91. The summed E-state index contributed by atoms with van der Waals surface area (Å²) < 4.78 is 2.64. The van der Waals surface area contributed by atoms with Crippen LogP contribution < -0.4 is 22.2 Å². The minimum Gasteiger partial charge on any atom is -0.302 e. The fourth-order valence-corrected chi connectivity index (χ4v) is 2.62. The Morgan fingerprint density at radius 2 is 1.69 bits per heavy atom. The summed E-state index contributed by atoms with van der Waals surface area (Å²) in [6.07, 6.45) is 1.18. The average Bonchev–Trinajstić information content (AvgIpc) is 2.60. The zero-order valence-electron chi connectivity index (χ0n) is 13.5. The number of aryl methyl sites for hydroxylation is 2. The van der Waals surface area contributed by atoms with Crippen LogP contribution >= 0.6 is 23.2 Å². The topological polar surface area (TPSA) is 112 Å². The van der Waals surface area contributed by atoms with Gasteiger partial charge in [0.1, 0.15) is 0 Å². The lowest BCUT2D eigenvalue weighted by molar-refractivity contribution is 0.634. The molecule has 0 bridgehead atoms. The fraction of sp³-hybridized carbons (Fsp3) is 0.133. The van der Waals surface area contributed by atoms with Crippen LogP contribution in [0.1, 0.15) is 0 Å². The zero-order chi connectivity index (χ0) is 19.2. The highest BCUT2D eigenvalue weighted by Crippen LogP contribution is 2.23. The van der Waals surface area contributed by atoms with E-state index in [9.17, 15) is 19.2 Å². The Morgan fingerprint density at radius 1 is 1.00 bits per heavy atom. The molecule has 0 spiro atoms. The molecule has 9 nitrogen and oxygen atoms in total. The second-order valence-corrected chi connectivity index (χ2v) is 6.19. The highest BCUT2D eigenvalue weighted by molar-refractivity contribution is 6.42. The molecule has 0 aliphatic carbocycles. The number of nitrogens with zero attached hydrogens (tertiary/aromatic N) is 4. The number of aromatic amines is 1. The lowest BCUT2D eigenvalue weighted by Gasteiger charge is -2.10. The van der Waals surface area contributed by atoms with E-state index in [1.807, 2.05) is 0 Å². The first-order valence-corrected chi connectivity index (χ1v) is 7.93. The summed E-state index contributed by atoms with van der Waals surface area (Å²) in [5.74, 6) is 0. The lowest BCUT2D eigenvalue weighted by atomic mass is 10.2. The van der Waals surface area contributed by atoms with Gasteiger partial charge in [-0.1, -0.05) is 23.2 Å². The molecule has 0 atom stereocenters. The van der Waals surface area contributed by atoms with Crippen molar-refractivity contribution in [2.75, 3.05) is 0 Å². The van der Waals surface area contributed by atoms with Gasteiger partial charge in [-0.15, -0.1) is 0 Å². The summed E-state index contributed by atoms with van der Waals surface area (Å²) in [6.45, 7) is 0. The molecule has 0 saturated carbocycles. The van der Waals surface area contributed by atoms with Crippen molar-refractivity contribution in [1.29, 1.82) is 0 Å². The van der Waals surface area contributed by atoms with E-state index < -0.39 is 22.2 Å². The maximum Gasteiger partial charge on any atom is 0.351 e. The molecule has 26 heavy (non-hydrogen) atoms. The van der Waals surface area contributed by atoms with E-state index in [0.29, 0.717) is 0 Å². The van der Waals surface area contributed by atoms with E-state index in [-0.39, 0.29) is 27.0 Å². The summed E-state index contributed by atoms with van der Waals surface area (Å²) in [6, 6.07) is 4.19. The van der Waals surface area contributed by atoms with Gasteiger partial charge in [-0.2, -0.15) is 5.10 Å². The quantitative estimate of drug-likeness (QED) is 0.626. The molecule has 0 aliphatic rings. The summed E-state index contributed by atoms with van der Waals surface area (Å²) >= 11 is 11.8. The van der Waals surface area contributed by atoms with Gasteiger partial charge in [-0.3, -0.25) is 19.1 Å². The largest absolute Gasteiger partial charge is 0.351 e. The Balaban J connectivity index is 2.40. The number of benzene rings is 1. The predicted octanol–water partition coefficient (Wildman–Crippen LogP) is 0.292. The van der Waals surface area contributed by atoms with E-state index >= 15 is 0 Å². The number of hydrogen-bond acceptors (Lipinski definition) is 5. The Bertz CT molecular complexity index is 1270. The molecule has 0 saturated heterocycles. The first-order chi connectivity index (χ1) is 12.2. The van der Waals surface area contributed by atoms with Gasteiger partial charge in [0.05, 0.1) is 21.3 Å². The van der Waals surface area contributed by atoms with Gasteiger partial charge in [-0.25, -0.2) is 14.0 Å². The number of hydrogen-bond donors (Lipinski definition) is 1. The first-order valence-electron chi connectivity index (χ1n) is 7.17. The van der Waals surface area contributed by atoms with Crippen LogP contribution in [-0.4, -0.2) is 24.1 Å². The van der Waals surface area contributed by atoms with Gasteiger partial charge < -0.3 is 5.10 Å². The third kappa shape index (κ3) is 2.80. The molecular formula is C15H11Cl2N5O4. The Kier molecular flexibility index (Phi) is 4.43. The number of nitrogens with one attached hydrogen (secondary N) is 1. The van der Waals surface area contributed by atoms with E-state index in [1.165, 1.54) is 38.5 Å². The highest BCUT2D eigenvalue weighted by atomic mass is 35.5. The fourth-order valence-electron chi connectivity index (χ4n) is 2.32. The summed E-state index contributed by atoms with van der Waals surface area (Å²) in [5.41, 5.74) is -3.86. The molecule has 1 N–H and O–H groups in total. The van der Waals surface area contributed by atoms with Crippen molar-refractivity contribution in [3.8, 4) is 16.9 Å². The van der Waals surface area contributed by atoms with E-state index in [1.54, 1.807) is 0 Å². The molecular weight excluding hydrogens is 385 g/mol. The van der Waals surface area contributed by atoms with Crippen LogP contribution in [0.3, 0.4) is 0 Å². The molecule has 0 aliphatic heterocycles. The molecule has 2 heterocycles. The Labute approximate surface area is 154 Å². The van der Waals surface area contributed by atoms with Gasteiger partial charge in [-0.05, 0) is 18.2 Å². The number of H-pyrrole nitrogens is 1. The SMILES string of the molecule is Cn1nc(-c2c[nH]n(C)c(=O)c2=O)c(=O)n(-c2ccc(Cl)c(Cl)c2)c1=O. The summed E-state index contributed by atoms with van der Waals surface area (Å²) in [4.78, 5) is 49.3. The molecule has 3 rings (SSSR count). The molecule has 134 valence electrons. The van der Waals surface area contributed by atoms with Crippen LogP contribution in [0.15, 0.2) is 43.6 Å². The van der Waals surface area contributed by atoms with Crippen molar-refractivity contribution >= 4 is 23.2 Å². The van der Waals surface area contributed by atoms with Crippen LogP contribution in [0.25, 0.3) is 16.9 Å². The highest BCUT2D eigenvalue weighted by Gasteiger charge is 2.19. The number of aromatic nitrogens is 5. The van der Waals surface area contributed by atoms with E-state index in [4.69, 9.17) is 23.2 Å². The molecule has 0 amide bonds. The zero-order valence-corrected chi connectivity index (χ0v) is 15.0. The van der Waals surface area contributed by atoms with Gasteiger partial charge in [0, 0.05) is 20.3 Å². The van der Waals surface area contributed by atoms with Crippen LogP contribution in [0.5, 0.6) is 0 Å². The number of halogens is 2. The van der Waals surface area contributed by atoms with Gasteiger partial charge in [0.25, 0.3) is 11.0 Å². The summed E-state index contributed by atoms with van der Waals surface area (Å²) in [7, 11) is 2.67. The molecule has 0 unspecified atom stereocenters. The third-order valence-corrected chi connectivity index (χ3v) is 4.43. The molecule has 3 aromatic rings. The first kappa shape index (κ1) is 17.9. The van der Waals surface area contributed by atoms with Gasteiger partial charge in [0.2, 0.25) is 0 Å². The average molecular weight is 396 g/mol. The van der Waals surface area contributed by atoms with Gasteiger partial charge >= 0.3 is 11.2 Å². The lowest BCUT2D eigenvalue weighted by Crippen LogP contribution is -2.42. The van der Waals surface area contributed by atoms with E-state index in [0.717, 1.165) is 13.9 Å². The molecule has 0 radical (unpaired) electrons. The molecule has 2 aromatic heterocycles. The maximum atomic E-state index is 12.8. The van der Waals surface area contributed by atoms with Crippen molar-refractivity contribution in [3.63, 3.8) is 0 Å².